The van der Waals surface area contributed by atoms with Gasteiger partial charge in [0.1, 0.15) is 15.8 Å². The highest BCUT2D eigenvalue weighted by atomic mass is 127. The van der Waals surface area contributed by atoms with Crippen LogP contribution in [0.25, 0.3) is 11.0 Å². The van der Waals surface area contributed by atoms with Crippen molar-refractivity contribution in [2.75, 3.05) is 39.5 Å². The number of carbonyl (C=O) groups excluding carboxylic acids is 1. The van der Waals surface area contributed by atoms with E-state index in [0.717, 1.165) is 21.3 Å². The summed E-state index contributed by atoms with van der Waals surface area (Å²) in [6.07, 6.45) is 4.94. The van der Waals surface area contributed by atoms with Gasteiger partial charge in [0, 0.05) is 25.7 Å². The standard InChI is InChI=1S/C14H18IN7O/c1-20(2)5-3-4-10(23)21-6-9(7-21)22-14-11(12(15)19-22)13(16)17-8-18-14/h3-4,8-9H,5-7H2,1-2H3,(H2,16,17,18)/b4-3+. The number of amides is 1. The lowest BCUT2D eigenvalue weighted by molar-refractivity contribution is -0.131. The Labute approximate surface area is 147 Å². The van der Waals surface area contributed by atoms with Crippen LogP contribution < -0.4 is 5.73 Å². The second-order valence-electron chi connectivity index (χ2n) is 5.75. The molecule has 1 fully saturated rings. The predicted octanol–water partition coefficient (Wildman–Crippen LogP) is 0.514. The molecule has 1 aliphatic heterocycles. The summed E-state index contributed by atoms with van der Waals surface area (Å²) in [5.41, 5.74) is 6.62. The number of carbonyl (C=O) groups is 1. The number of halogens is 1. The number of likely N-dealkylation sites (tertiary alicyclic amines) is 1. The van der Waals surface area contributed by atoms with E-state index >= 15 is 0 Å². The average molecular weight is 427 g/mol. The SMILES string of the molecule is CN(C)C/C=C/C(=O)N1CC(n2nc(I)c3c(N)ncnc32)C1. The van der Waals surface area contributed by atoms with E-state index in [1.807, 2.05) is 29.8 Å². The Bertz CT molecular complexity index is 764. The molecule has 1 saturated heterocycles. The van der Waals surface area contributed by atoms with E-state index in [4.69, 9.17) is 5.73 Å². The lowest BCUT2D eigenvalue weighted by Crippen LogP contribution is -2.50. The van der Waals surface area contributed by atoms with Crippen LogP contribution in [0.3, 0.4) is 0 Å². The Kier molecular flexibility index (Phi) is 4.48. The minimum atomic E-state index is 0.0309. The summed E-state index contributed by atoms with van der Waals surface area (Å²) in [6.45, 7) is 2.00. The molecule has 0 spiro atoms. The van der Waals surface area contributed by atoms with Gasteiger partial charge in [-0.15, -0.1) is 0 Å². The van der Waals surface area contributed by atoms with Gasteiger partial charge >= 0.3 is 0 Å². The van der Waals surface area contributed by atoms with Crippen molar-refractivity contribution in [3.63, 3.8) is 0 Å². The van der Waals surface area contributed by atoms with Crippen molar-refractivity contribution in [1.29, 1.82) is 0 Å². The number of rotatable bonds is 4. The van der Waals surface area contributed by atoms with Crippen molar-refractivity contribution in [2.45, 2.75) is 6.04 Å². The summed E-state index contributed by atoms with van der Waals surface area (Å²) >= 11 is 2.13. The highest BCUT2D eigenvalue weighted by Gasteiger charge is 2.33. The van der Waals surface area contributed by atoms with Gasteiger partial charge in [-0.2, -0.15) is 5.10 Å². The van der Waals surface area contributed by atoms with Gasteiger partial charge < -0.3 is 15.5 Å². The zero-order valence-corrected chi connectivity index (χ0v) is 15.1. The van der Waals surface area contributed by atoms with Crippen molar-refractivity contribution in [2.24, 2.45) is 0 Å². The van der Waals surface area contributed by atoms with Gasteiger partial charge in [0.25, 0.3) is 0 Å². The lowest BCUT2D eigenvalue weighted by atomic mass is 10.1. The smallest absolute Gasteiger partial charge is 0.246 e. The zero-order valence-electron chi connectivity index (χ0n) is 13.0. The Morgan fingerprint density at radius 2 is 2.22 bits per heavy atom. The van der Waals surface area contributed by atoms with Crippen molar-refractivity contribution in [3.05, 3.63) is 22.2 Å². The molecule has 1 amide bonds. The first-order chi connectivity index (χ1) is 11.0. The van der Waals surface area contributed by atoms with Gasteiger partial charge in [-0.1, -0.05) is 6.08 Å². The molecule has 2 aromatic heterocycles. The van der Waals surface area contributed by atoms with Crippen LogP contribution in [0, 0.1) is 3.70 Å². The quantitative estimate of drug-likeness (QED) is 0.565. The number of anilines is 1. The lowest BCUT2D eigenvalue weighted by Gasteiger charge is -2.38. The highest BCUT2D eigenvalue weighted by molar-refractivity contribution is 14.1. The minimum Gasteiger partial charge on any atom is -0.383 e. The van der Waals surface area contributed by atoms with Gasteiger partial charge in [-0.25, -0.2) is 14.6 Å². The van der Waals surface area contributed by atoms with Gasteiger partial charge in [0.2, 0.25) is 5.91 Å². The topological polar surface area (TPSA) is 93.2 Å². The molecular formula is C14H18IN7O. The molecule has 2 N–H and O–H groups in total. The first-order valence-corrected chi connectivity index (χ1v) is 8.29. The van der Waals surface area contributed by atoms with E-state index in [9.17, 15) is 4.79 Å². The fraction of sp³-hybridized carbons (Fsp3) is 0.429. The summed E-state index contributed by atoms with van der Waals surface area (Å²) in [6, 6.07) is 0.126. The van der Waals surface area contributed by atoms with Crippen molar-refractivity contribution < 1.29 is 4.79 Å². The fourth-order valence-corrected chi connectivity index (χ4v) is 3.22. The van der Waals surface area contributed by atoms with E-state index in [1.54, 1.807) is 11.0 Å². The van der Waals surface area contributed by atoms with Gasteiger partial charge in [0.05, 0.1) is 11.4 Å². The van der Waals surface area contributed by atoms with Crippen LogP contribution in [-0.4, -0.2) is 69.2 Å². The van der Waals surface area contributed by atoms with Crippen molar-refractivity contribution >= 4 is 45.3 Å². The molecule has 0 atom stereocenters. The number of hydrogen-bond donors (Lipinski definition) is 1. The number of fused-ring (bicyclic) bond motifs is 1. The maximum absolute atomic E-state index is 12.1. The van der Waals surface area contributed by atoms with Crippen LogP contribution in [-0.2, 0) is 4.79 Å². The molecule has 9 heteroatoms. The van der Waals surface area contributed by atoms with Gasteiger partial charge in [-0.05, 0) is 36.7 Å². The maximum atomic E-state index is 12.1. The molecule has 8 nitrogen and oxygen atoms in total. The van der Waals surface area contributed by atoms with Crippen LogP contribution in [0.4, 0.5) is 5.82 Å². The Morgan fingerprint density at radius 1 is 1.48 bits per heavy atom. The minimum absolute atomic E-state index is 0.0309. The third kappa shape index (κ3) is 3.15. The summed E-state index contributed by atoms with van der Waals surface area (Å²) < 4.78 is 2.63. The fourth-order valence-electron chi connectivity index (χ4n) is 2.47. The molecule has 122 valence electrons. The van der Waals surface area contributed by atoms with Crippen LogP contribution in [0.5, 0.6) is 0 Å². The molecule has 0 bridgehead atoms. The van der Waals surface area contributed by atoms with Crippen molar-refractivity contribution in [1.82, 2.24) is 29.5 Å². The molecular weight excluding hydrogens is 409 g/mol. The summed E-state index contributed by atoms with van der Waals surface area (Å²) in [5, 5.41) is 5.29. The molecule has 2 aromatic rings. The average Bonchev–Trinajstić information content (AvgIpc) is 2.75. The second kappa shape index (κ2) is 6.40. The number of hydrogen-bond acceptors (Lipinski definition) is 6. The maximum Gasteiger partial charge on any atom is 0.246 e. The third-order valence-electron chi connectivity index (χ3n) is 3.73. The van der Waals surface area contributed by atoms with E-state index in [2.05, 4.69) is 37.7 Å². The summed E-state index contributed by atoms with van der Waals surface area (Å²) in [5.74, 6) is 0.466. The third-order valence-corrected chi connectivity index (χ3v) is 4.48. The number of nitrogens with two attached hydrogens (primary N) is 1. The normalized spacial score (nSPS) is 15.7. The van der Waals surface area contributed by atoms with Crippen LogP contribution in [0.15, 0.2) is 18.5 Å². The number of likely N-dealkylation sites (N-methyl/N-ethyl adjacent to an activating group) is 1. The van der Waals surface area contributed by atoms with Crippen molar-refractivity contribution in [3.8, 4) is 0 Å². The number of aromatic nitrogens is 4. The molecule has 23 heavy (non-hydrogen) atoms. The first-order valence-electron chi connectivity index (χ1n) is 7.21. The van der Waals surface area contributed by atoms with Crippen LogP contribution >= 0.6 is 22.6 Å². The summed E-state index contributed by atoms with van der Waals surface area (Å²) in [7, 11) is 3.93. The molecule has 3 heterocycles. The number of nitrogen functional groups attached to an aromatic ring is 1. The predicted molar refractivity (Wildman–Crippen MR) is 95.8 cm³/mol. The molecule has 1 aliphatic rings. The number of nitrogens with zero attached hydrogens (tertiary/aromatic N) is 6. The largest absolute Gasteiger partial charge is 0.383 e. The van der Waals surface area contributed by atoms with Gasteiger partial charge in [-0.3, -0.25) is 4.79 Å². The molecule has 0 aromatic carbocycles. The Morgan fingerprint density at radius 3 is 2.91 bits per heavy atom. The van der Waals surface area contributed by atoms with Gasteiger partial charge in [0.15, 0.2) is 5.65 Å². The molecule has 0 unspecified atom stereocenters. The summed E-state index contributed by atoms with van der Waals surface area (Å²) in [4.78, 5) is 24.1. The van der Waals surface area contributed by atoms with E-state index in [-0.39, 0.29) is 11.9 Å². The van der Waals surface area contributed by atoms with E-state index in [0.29, 0.717) is 18.9 Å². The Balaban J connectivity index is 1.69. The zero-order chi connectivity index (χ0) is 16.6. The van der Waals surface area contributed by atoms with E-state index in [1.165, 1.54) is 6.33 Å². The molecule has 3 rings (SSSR count). The molecule has 0 radical (unpaired) electrons. The van der Waals surface area contributed by atoms with Crippen LogP contribution in [0.2, 0.25) is 0 Å². The van der Waals surface area contributed by atoms with Crippen LogP contribution in [0.1, 0.15) is 6.04 Å². The highest BCUT2D eigenvalue weighted by Crippen LogP contribution is 2.29. The molecule has 0 aliphatic carbocycles. The molecule has 0 saturated carbocycles. The van der Waals surface area contributed by atoms with E-state index < -0.39 is 0 Å². The monoisotopic (exact) mass is 427 g/mol. The Hall–Kier alpha value is -1.75. The first kappa shape index (κ1) is 16.1. The second-order valence-corrected chi connectivity index (χ2v) is 6.78.